The van der Waals surface area contributed by atoms with Crippen molar-refractivity contribution in [2.24, 2.45) is 0 Å². The molecule has 0 radical (unpaired) electrons. The summed E-state index contributed by atoms with van der Waals surface area (Å²) in [5.41, 5.74) is 9.20. The number of nitrogens with one attached hydrogen (secondary N) is 1. The Morgan fingerprint density at radius 3 is 2.88 bits per heavy atom. The molecule has 0 saturated heterocycles. The Morgan fingerprint density at radius 1 is 1.38 bits per heavy atom. The van der Waals surface area contributed by atoms with Crippen LogP contribution in [0.5, 0.6) is 0 Å². The Kier molecular flexibility index (Phi) is 3.12. The van der Waals surface area contributed by atoms with E-state index in [1.165, 1.54) is 4.79 Å². The molecule has 0 fully saturated rings. The summed E-state index contributed by atoms with van der Waals surface area (Å²) >= 11 is 11.9. The third-order valence-electron chi connectivity index (χ3n) is 1.94. The Hall–Kier alpha value is -1.53. The minimum Gasteiger partial charge on any atom is -0.365 e. The van der Waals surface area contributed by atoms with E-state index < -0.39 is 0 Å². The highest BCUT2D eigenvalue weighted by Gasteiger charge is 2.05. The summed E-state index contributed by atoms with van der Waals surface area (Å²) in [5, 5.41) is 11.6. The molecular weight excluding hydrogens is 251 g/mol. The summed E-state index contributed by atoms with van der Waals surface area (Å²) < 4.78 is 0. The zero-order chi connectivity index (χ0) is 11.5. The monoisotopic (exact) mass is 258 g/mol. The highest BCUT2D eigenvalue weighted by molar-refractivity contribution is 6.42. The molecule has 84 valence electrons. The second kappa shape index (κ2) is 4.54. The molecule has 16 heavy (non-hydrogen) atoms. The molecule has 2 rings (SSSR count). The number of benzene rings is 1. The van der Waals surface area contributed by atoms with E-state index in [4.69, 9.17) is 28.9 Å². The van der Waals surface area contributed by atoms with Crippen LogP contribution in [-0.4, -0.2) is 20.3 Å². The van der Waals surface area contributed by atoms with Gasteiger partial charge in [0.1, 0.15) is 0 Å². The Bertz CT molecular complexity index is 497. The predicted molar refractivity (Wildman–Crippen MR) is 61.8 cm³/mol. The van der Waals surface area contributed by atoms with Gasteiger partial charge in [0.05, 0.1) is 16.6 Å². The van der Waals surface area contributed by atoms with Gasteiger partial charge in [-0.2, -0.15) is 0 Å². The van der Waals surface area contributed by atoms with Gasteiger partial charge in [0.15, 0.2) is 0 Å². The summed E-state index contributed by atoms with van der Waals surface area (Å²) in [4.78, 5) is 1.26. The molecule has 0 atom stereocenters. The Balaban J connectivity index is 2.11. The van der Waals surface area contributed by atoms with E-state index in [1.807, 2.05) is 12.1 Å². The van der Waals surface area contributed by atoms with Crippen molar-refractivity contribution in [2.75, 3.05) is 11.2 Å². The molecule has 0 aliphatic carbocycles. The fourth-order valence-electron chi connectivity index (χ4n) is 1.15. The van der Waals surface area contributed by atoms with Crippen molar-refractivity contribution in [3.8, 4) is 0 Å². The fraction of sp³-hybridized carbons (Fsp3) is 0.125. The number of hydrogen-bond acceptors (Lipinski definition) is 5. The van der Waals surface area contributed by atoms with Crippen molar-refractivity contribution in [2.45, 2.75) is 6.54 Å². The van der Waals surface area contributed by atoms with Gasteiger partial charge in [-0.25, -0.2) is 0 Å². The van der Waals surface area contributed by atoms with E-state index in [1.54, 1.807) is 6.07 Å². The molecule has 0 unspecified atom stereocenters. The van der Waals surface area contributed by atoms with Gasteiger partial charge in [-0.05, 0) is 22.1 Å². The summed E-state index contributed by atoms with van der Waals surface area (Å²) in [5.74, 6) is 0.179. The first-order valence-electron chi connectivity index (χ1n) is 4.39. The lowest BCUT2D eigenvalue weighted by atomic mass is 10.2. The molecular formula is C8H8Cl2N6. The van der Waals surface area contributed by atoms with Crippen LogP contribution in [0.25, 0.3) is 0 Å². The number of nitrogen functional groups attached to an aromatic ring is 1. The Morgan fingerprint density at radius 2 is 2.19 bits per heavy atom. The van der Waals surface area contributed by atoms with Crippen molar-refractivity contribution >= 4 is 29.2 Å². The molecule has 6 nitrogen and oxygen atoms in total. The van der Waals surface area contributed by atoms with E-state index in [0.717, 1.165) is 5.56 Å². The summed E-state index contributed by atoms with van der Waals surface area (Å²) in [6.45, 7) is 0.425. The molecule has 0 bridgehead atoms. The second-order valence-electron chi connectivity index (χ2n) is 3.00. The largest absolute Gasteiger partial charge is 0.365 e. The van der Waals surface area contributed by atoms with E-state index in [0.29, 0.717) is 16.6 Å². The van der Waals surface area contributed by atoms with Crippen molar-refractivity contribution in [3.63, 3.8) is 0 Å². The third kappa shape index (κ3) is 2.17. The molecule has 0 aliphatic rings. The maximum absolute atomic E-state index is 6.01. The number of halogens is 2. The first-order valence-corrected chi connectivity index (χ1v) is 5.14. The number of nitrogens with zero attached hydrogens (tertiary/aromatic N) is 4. The van der Waals surface area contributed by atoms with Crippen LogP contribution in [0.4, 0.5) is 5.95 Å². The molecule has 1 aromatic carbocycles. The van der Waals surface area contributed by atoms with Crippen molar-refractivity contribution in [1.29, 1.82) is 0 Å². The van der Waals surface area contributed by atoms with Gasteiger partial charge in [0.2, 0.25) is 0 Å². The van der Waals surface area contributed by atoms with Crippen LogP contribution in [0.1, 0.15) is 5.56 Å². The first kappa shape index (κ1) is 11.0. The van der Waals surface area contributed by atoms with Gasteiger partial charge >= 0.3 is 0 Å². The molecule has 1 heterocycles. The highest BCUT2D eigenvalue weighted by atomic mass is 35.5. The normalized spacial score (nSPS) is 10.4. The maximum Gasteiger partial charge on any atom is 0.260 e. The maximum atomic E-state index is 6.01. The molecule has 0 aliphatic heterocycles. The predicted octanol–water partition coefficient (Wildman–Crippen LogP) is 1.31. The minimum absolute atomic E-state index is 0.179. The van der Waals surface area contributed by atoms with E-state index in [2.05, 4.69) is 21.0 Å². The number of nitrogens with two attached hydrogens (primary N) is 1. The highest BCUT2D eigenvalue weighted by Crippen LogP contribution is 2.25. The third-order valence-corrected chi connectivity index (χ3v) is 2.80. The first-order chi connectivity index (χ1) is 7.68. The van der Waals surface area contributed by atoms with Gasteiger partial charge in [0, 0.05) is 0 Å². The summed E-state index contributed by atoms with van der Waals surface area (Å²) in [7, 11) is 0. The van der Waals surface area contributed by atoms with Gasteiger partial charge in [-0.15, -0.1) is 4.79 Å². The van der Waals surface area contributed by atoms with Crippen molar-refractivity contribution < 1.29 is 0 Å². The van der Waals surface area contributed by atoms with E-state index in [-0.39, 0.29) is 5.95 Å². The van der Waals surface area contributed by atoms with Gasteiger partial charge in [-0.1, -0.05) is 40.4 Å². The van der Waals surface area contributed by atoms with E-state index in [9.17, 15) is 0 Å². The lowest BCUT2D eigenvalue weighted by Gasteiger charge is -2.08. The lowest BCUT2D eigenvalue weighted by molar-refractivity contribution is 0.693. The molecule has 8 heteroatoms. The number of hydrogen-bond donors (Lipinski definition) is 2. The second-order valence-corrected chi connectivity index (χ2v) is 3.78. The molecule has 0 saturated carbocycles. The van der Waals surface area contributed by atoms with Crippen LogP contribution in [0.2, 0.25) is 10.0 Å². The number of anilines is 1. The summed E-state index contributed by atoms with van der Waals surface area (Å²) in [6, 6.07) is 5.38. The van der Waals surface area contributed by atoms with Crippen molar-refractivity contribution in [1.82, 2.24) is 20.3 Å². The molecule has 1 aromatic heterocycles. The fourth-order valence-corrected chi connectivity index (χ4v) is 1.54. The summed E-state index contributed by atoms with van der Waals surface area (Å²) in [6.07, 6.45) is 0. The van der Waals surface area contributed by atoms with Crippen LogP contribution >= 0.6 is 23.2 Å². The molecule has 3 N–H and O–H groups in total. The van der Waals surface area contributed by atoms with Gasteiger partial charge in [0.25, 0.3) is 5.95 Å². The minimum atomic E-state index is 0.179. The number of rotatable bonds is 3. The topological polar surface area (TPSA) is 81.7 Å². The average Bonchev–Trinajstić information content (AvgIpc) is 2.67. The smallest absolute Gasteiger partial charge is 0.260 e. The van der Waals surface area contributed by atoms with E-state index >= 15 is 0 Å². The van der Waals surface area contributed by atoms with Crippen LogP contribution in [0, 0.1) is 0 Å². The van der Waals surface area contributed by atoms with Gasteiger partial charge in [-0.3, -0.25) is 0 Å². The van der Waals surface area contributed by atoms with Crippen LogP contribution in [-0.2, 0) is 6.54 Å². The SMILES string of the molecule is Nc1nnnn1NCc1cccc(Cl)c1Cl. The van der Waals surface area contributed by atoms with Crippen LogP contribution in [0.3, 0.4) is 0 Å². The molecule has 0 spiro atoms. The quantitative estimate of drug-likeness (QED) is 0.868. The van der Waals surface area contributed by atoms with Crippen LogP contribution in [0.15, 0.2) is 18.2 Å². The lowest BCUT2D eigenvalue weighted by Crippen LogP contribution is -2.18. The number of aromatic nitrogens is 4. The number of tetrazole rings is 1. The zero-order valence-corrected chi connectivity index (χ0v) is 9.57. The standard InChI is InChI=1S/C8H8Cl2N6/c9-6-3-1-2-5(7(6)10)4-12-16-8(11)13-14-15-16/h1-3,12H,4H2,(H2,11,13,15). The zero-order valence-electron chi connectivity index (χ0n) is 8.06. The van der Waals surface area contributed by atoms with Crippen molar-refractivity contribution in [3.05, 3.63) is 33.8 Å². The van der Waals surface area contributed by atoms with Crippen LogP contribution < -0.4 is 11.2 Å². The molecule has 0 amide bonds. The Labute approximate surface area is 101 Å². The molecule has 2 aromatic rings. The average molecular weight is 259 g/mol. The van der Waals surface area contributed by atoms with Gasteiger partial charge < -0.3 is 11.2 Å².